The van der Waals surface area contributed by atoms with Crippen molar-refractivity contribution in [1.29, 1.82) is 0 Å². The smallest absolute Gasteiger partial charge is 0.321 e. The monoisotopic (exact) mass is 291 g/mol. The van der Waals surface area contributed by atoms with E-state index >= 15 is 0 Å². The Labute approximate surface area is 121 Å². The third kappa shape index (κ3) is 3.13. The number of nitrogens with two attached hydrogens (primary N) is 1. The first-order chi connectivity index (χ1) is 9.82. The minimum atomic E-state index is -0.899. The Kier molecular flexibility index (Phi) is 3.84. The molecule has 7 nitrogen and oxygen atoms in total. The van der Waals surface area contributed by atoms with Crippen LogP contribution in [0.2, 0.25) is 0 Å². The molecule has 1 unspecified atom stereocenters. The normalized spacial score (nSPS) is 21.1. The van der Waals surface area contributed by atoms with Gasteiger partial charge in [0.2, 0.25) is 5.91 Å². The van der Waals surface area contributed by atoms with Gasteiger partial charge in [-0.1, -0.05) is 0 Å². The molecule has 0 spiro atoms. The van der Waals surface area contributed by atoms with Gasteiger partial charge in [0.1, 0.15) is 0 Å². The van der Waals surface area contributed by atoms with Gasteiger partial charge in [-0.05, 0) is 37.6 Å². The zero-order chi connectivity index (χ0) is 15.6. The molecule has 2 rings (SSSR count). The molecule has 1 fully saturated rings. The molecule has 1 heterocycles. The molecule has 1 saturated heterocycles. The predicted molar refractivity (Wildman–Crippen MR) is 75.9 cm³/mol. The number of aliphatic carboxylic acids is 1. The first kappa shape index (κ1) is 14.8. The van der Waals surface area contributed by atoms with E-state index < -0.39 is 17.3 Å². The van der Waals surface area contributed by atoms with E-state index in [-0.39, 0.29) is 12.6 Å². The SMILES string of the molecule is CC1(C(=O)O)CCN(C(=O)Nc2ccc(C(N)=O)cc2)C1. The molecular formula is C14H17N3O4. The molecule has 112 valence electrons. The van der Waals surface area contributed by atoms with Gasteiger partial charge in [0, 0.05) is 24.3 Å². The van der Waals surface area contributed by atoms with E-state index in [2.05, 4.69) is 5.32 Å². The van der Waals surface area contributed by atoms with Crippen LogP contribution in [0.1, 0.15) is 23.7 Å². The van der Waals surface area contributed by atoms with Crippen LogP contribution in [0.25, 0.3) is 0 Å². The number of nitrogens with zero attached hydrogens (tertiary/aromatic N) is 1. The maximum Gasteiger partial charge on any atom is 0.321 e. The fourth-order valence-electron chi connectivity index (χ4n) is 2.23. The Morgan fingerprint density at radius 1 is 1.29 bits per heavy atom. The molecule has 1 aromatic carbocycles. The molecule has 0 saturated carbocycles. The lowest BCUT2D eigenvalue weighted by Gasteiger charge is -2.20. The van der Waals surface area contributed by atoms with Crippen LogP contribution in [-0.2, 0) is 4.79 Å². The highest BCUT2D eigenvalue weighted by Crippen LogP contribution is 2.30. The lowest BCUT2D eigenvalue weighted by Crippen LogP contribution is -2.37. The van der Waals surface area contributed by atoms with Crippen molar-refractivity contribution in [1.82, 2.24) is 4.90 Å². The number of carboxylic acid groups (broad SMARTS) is 1. The fraction of sp³-hybridized carbons (Fsp3) is 0.357. The summed E-state index contributed by atoms with van der Waals surface area (Å²) >= 11 is 0. The maximum atomic E-state index is 12.1. The van der Waals surface area contributed by atoms with Crippen molar-refractivity contribution in [3.8, 4) is 0 Å². The van der Waals surface area contributed by atoms with Crippen LogP contribution in [0, 0.1) is 5.41 Å². The van der Waals surface area contributed by atoms with E-state index in [9.17, 15) is 14.4 Å². The molecule has 1 atom stereocenters. The topological polar surface area (TPSA) is 113 Å². The zero-order valence-corrected chi connectivity index (χ0v) is 11.6. The summed E-state index contributed by atoms with van der Waals surface area (Å²) in [5.74, 6) is -1.44. The van der Waals surface area contributed by atoms with E-state index in [0.29, 0.717) is 24.2 Å². The average molecular weight is 291 g/mol. The van der Waals surface area contributed by atoms with Gasteiger partial charge >= 0.3 is 12.0 Å². The van der Waals surface area contributed by atoms with Gasteiger partial charge in [-0.25, -0.2) is 4.79 Å². The number of carbonyl (C=O) groups excluding carboxylic acids is 2. The molecule has 0 aliphatic carbocycles. The number of anilines is 1. The molecule has 1 aliphatic rings. The fourth-order valence-corrected chi connectivity index (χ4v) is 2.23. The summed E-state index contributed by atoms with van der Waals surface area (Å²) in [6.45, 7) is 2.20. The number of likely N-dealkylation sites (tertiary alicyclic amines) is 1. The standard InChI is InChI=1S/C14H17N3O4/c1-14(12(19)20)6-7-17(8-14)13(21)16-10-4-2-9(3-5-10)11(15)18/h2-5H,6-8H2,1H3,(H2,15,18)(H,16,21)(H,19,20). The Hall–Kier alpha value is -2.57. The third-order valence-electron chi connectivity index (χ3n) is 3.70. The minimum Gasteiger partial charge on any atom is -0.481 e. The van der Waals surface area contributed by atoms with Crippen molar-refractivity contribution in [2.75, 3.05) is 18.4 Å². The predicted octanol–water partition coefficient (Wildman–Crippen LogP) is 1.11. The second-order valence-corrected chi connectivity index (χ2v) is 5.41. The molecule has 0 bridgehead atoms. The highest BCUT2D eigenvalue weighted by molar-refractivity contribution is 5.94. The number of rotatable bonds is 3. The second-order valence-electron chi connectivity index (χ2n) is 5.41. The number of nitrogens with one attached hydrogen (secondary N) is 1. The van der Waals surface area contributed by atoms with E-state index in [0.717, 1.165) is 0 Å². The lowest BCUT2D eigenvalue weighted by molar-refractivity contribution is -0.146. The Morgan fingerprint density at radius 2 is 1.90 bits per heavy atom. The van der Waals surface area contributed by atoms with Crippen molar-refractivity contribution in [2.45, 2.75) is 13.3 Å². The Balaban J connectivity index is 1.99. The summed E-state index contributed by atoms with van der Waals surface area (Å²) in [6.07, 6.45) is 0.427. The molecule has 0 aromatic heterocycles. The summed E-state index contributed by atoms with van der Waals surface area (Å²) in [6, 6.07) is 5.83. The average Bonchev–Trinajstić information content (AvgIpc) is 2.83. The van der Waals surface area contributed by atoms with Gasteiger partial charge in [-0.3, -0.25) is 9.59 Å². The number of benzene rings is 1. The Bertz CT molecular complexity index is 584. The minimum absolute atomic E-state index is 0.174. The second kappa shape index (κ2) is 5.43. The molecule has 7 heteroatoms. The largest absolute Gasteiger partial charge is 0.481 e. The number of hydrogen-bond donors (Lipinski definition) is 3. The van der Waals surface area contributed by atoms with Gasteiger partial charge in [-0.15, -0.1) is 0 Å². The molecule has 21 heavy (non-hydrogen) atoms. The summed E-state index contributed by atoms with van der Waals surface area (Å²) in [5, 5.41) is 11.8. The highest BCUT2D eigenvalue weighted by Gasteiger charge is 2.42. The summed E-state index contributed by atoms with van der Waals surface area (Å²) in [7, 11) is 0. The van der Waals surface area contributed by atoms with Crippen LogP contribution in [0.15, 0.2) is 24.3 Å². The lowest BCUT2D eigenvalue weighted by atomic mass is 9.90. The van der Waals surface area contributed by atoms with Crippen molar-refractivity contribution in [3.63, 3.8) is 0 Å². The third-order valence-corrected chi connectivity index (χ3v) is 3.70. The number of carbonyl (C=O) groups is 3. The maximum absolute atomic E-state index is 12.1. The van der Waals surface area contributed by atoms with Crippen molar-refractivity contribution < 1.29 is 19.5 Å². The number of hydrogen-bond acceptors (Lipinski definition) is 3. The first-order valence-corrected chi connectivity index (χ1v) is 6.51. The summed E-state index contributed by atoms with van der Waals surface area (Å²) in [5.41, 5.74) is 5.11. The molecule has 0 radical (unpaired) electrons. The molecular weight excluding hydrogens is 274 g/mol. The van der Waals surface area contributed by atoms with Gasteiger partial charge in [0.15, 0.2) is 0 Å². The van der Waals surface area contributed by atoms with Crippen molar-refractivity contribution >= 4 is 23.6 Å². The number of urea groups is 1. The van der Waals surface area contributed by atoms with Gasteiger partial charge in [0.05, 0.1) is 5.41 Å². The highest BCUT2D eigenvalue weighted by atomic mass is 16.4. The number of amides is 3. The summed E-state index contributed by atoms with van der Waals surface area (Å²) < 4.78 is 0. The van der Waals surface area contributed by atoms with E-state index in [4.69, 9.17) is 10.8 Å². The van der Waals surface area contributed by atoms with E-state index in [1.54, 1.807) is 19.1 Å². The van der Waals surface area contributed by atoms with Crippen LogP contribution < -0.4 is 11.1 Å². The molecule has 1 aliphatic heterocycles. The first-order valence-electron chi connectivity index (χ1n) is 6.51. The van der Waals surface area contributed by atoms with Crippen LogP contribution in [-0.4, -0.2) is 41.0 Å². The van der Waals surface area contributed by atoms with Gasteiger partial charge < -0.3 is 21.1 Å². The van der Waals surface area contributed by atoms with Crippen molar-refractivity contribution in [3.05, 3.63) is 29.8 Å². The Morgan fingerprint density at radius 3 is 2.38 bits per heavy atom. The zero-order valence-electron chi connectivity index (χ0n) is 11.6. The van der Waals surface area contributed by atoms with Gasteiger partial charge in [-0.2, -0.15) is 0 Å². The van der Waals surface area contributed by atoms with Crippen LogP contribution in [0.3, 0.4) is 0 Å². The number of carboxylic acids is 1. The van der Waals surface area contributed by atoms with Crippen molar-refractivity contribution in [2.24, 2.45) is 11.1 Å². The number of primary amides is 1. The molecule has 3 amide bonds. The molecule has 1 aromatic rings. The van der Waals surface area contributed by atoms with Crippen LogP contribution in [0.5, 0.6) is 0 Å². The van der Waals surface area contributed by atoms with Crippen LogP contribution >= 0.6 is 0 Å². The van der Waals surface area contributed by atoms with Crippen LogP contribution in [0.4, 0.5) is 10.5 Å². The van der Waals surface area contributed by atoms with E-state index in [1.165, 1.54) is 17.0 Å². The van der Waals surface area contributed by atoms with E-state index in [1.807, 2.05) is 0 Å². The quantitative estimate of drug-likeness (QED) is 0.774. The summed E-state index contributed by atoms with van der Waals surface area (Å²) in [4.78, 5) is 35.6. The van der Waals surface area contributed by atoms with Gasteiger partial charge in [0.25, 0.3) is 0 Å². The molecule has 4 N–H and O–H groups in total.